The number of thioether (sulfide) groups is 1. The number of hydrogen-bond acceptors (Lipinski definition) is 3. The van der Waals surface area contributed by atoms with E-state index in [2.05, 4.69) is 30.3 Å². The monoisotopic (exact) mass is 298 g/mol. The standard InChI is InChI=1S/C18H18O2S/c19-18(14-10-13(14)12-6-2-1-3-7-12)16-11-21-17-9-5-4-8-15(17)20-16/h1-9,13-14,16,18-19H,10-11H2. The molecule has 2 nitrogen and oxygen atoms in total. The van der Waals surface area contributed by atoms with Gasteiger partial charge in [-0.2, -0.15) is 0 Å². The van der Waals surface area contributed by atoms with Crippen molar-refractivity contribution in [2.75, 3.05) is 5.75 Å². The lowest BCUT2D eigenvalue weighted by Gasteiger charge is -2.29. The molecular formula is C18H18O2S. The van der Waals surface area contributed by atoms with Crippen LogP contribution in [0.5, 0.6) is 5.75 Å². The predicted molar refractivity (Wildman–Crippen MR) is 84.9 cm³/mol. The summed E-state index contributed by atoms with van der Waals surface area (Å²) in [5, 5.41) is 10.6. The summed E-state index contributed by atoms with van der Waals surface area (Å²) < 4.78 is 6.01. The number of ether oxygens (including phenoxy) is 1. The molecule has 3 heteroatoms. The van der Waals surface area contributed by atoms with Crippen LogP contribution >= 0.6 is 11.8 Å². The van der Waals surface area contributed by atoms with E-state index in [1.54, 1.807) is 11.8 Å². The molecular weight excluding hydrogens is 280 g/mol. The minimum Gasteiger partial charge on any atom is -0.486 e. The zero-order valence-electron chi connectivity index (χ0n) is 11.7. The fraction of sp³-hybridized carbons (Fsp3) is 0.333. The fourth-order valence-corrected chi connectivity index (χ4v) is 4.20. The lowest BCUT2D eigenvalue weighted by Crippen LogP contribution is -2.37. The van der Waals surface area contributed by atoms with E-state index in [0.717, 1.165) is 17.9 Å². The lowest BCUT2D eigenvalue weighted by atomic mass is 10.0. The van der Waals surface area contributed by atoms with Gasteiger partial charge in [0, 0.05) is 10.6 Å². The van der Waals surface area contributed by atoms with Crippen LogP contribution in [0.1, 0.15) is 17.9 Å². The van der Waals surface area contributed by atoms with Crippen LogP contribution in [-0.2, 0) is 0 Å². The second-order valence-corrected chi connectivity index (χ2v) is 6.88. The molecule has 0 radical (unpaired) electrons. The molecule has 1 saturated carbocycles. The van der Waals surface area contributed by atoms with Gasteiger partial charge in [0.05, 0.1) is 6.10 Å². The van der Waals surface area contributed by atoms with Crippen LogP contribution in [-0.4, -0.2) is 23.1 Å². The van der Waals surface area contributed by atoms with E-state index in [1.807, 2.05) is 24.3 Å². The first-order valence-electron chi connectivity index (χ1n) is 7.44. The molecule has 2 aromatic rings. The molecule has 21 heavy (non-hydrogen) atoms. The number of rotatable bonds is 3. The molecule has 0 amide bonds. The third-order valence-electron chi connectivity index (χ3n) is 4.42. The average molecular weight is 298 g/mol. The zero-order chi connectivity index (χ0) is 14.2. The Labute approximate surface area is 129 Å². The third kappa shape index (κ3) is 2.56. The Morgan fingerprint density at radius 3 is 2.67 bits per heavy atom. The summed E-state index contributed by atoms with van der Waals surface area (Å²) in [4.78, 5) is 1.18. The van der Waals surface area contributed by atoms with Crippen molar-refractivity contribution >= 4 is 11.8 Å². The Bertz CT molecular complexity index is 628. The molecule has 0 aromatic heterocycles. The quantitative estimate of drug-likeness (QED) is 0.937. The van der Waals surface area contributed by atoms with Crippen LogP contribution in [0, 0.1) is 5.92 Å². The summed E-state index contributed by atoms with van der Waals surface area (Å²) in [6.45, 7) is 0. The minimum atomic E-state index is -0.379. The summed E-state index contributed by atoms with van der Waals surface area (Å²) in [6, 6.07) is 18.6. The number of aliphatic hydroxyl groups is 1. The van der Waals surface area contributed by atoms with Crippen LogP contribution in [0.2, 0.25) is 0 Å². The SMILES string of the molecule is OC(C1CSc2ccccc2O1)C1CC1c1ccccc1. The van der Waals surface area contributed by atoms with E-state index in [0.29, 0.717) is 11.8 Å². The maximum atomic E-state index is 10.6. The van der Waals surface area contributed by atoms with Gasteiger partial charge in [0.25, 0.3) is 0 Å². The van der Waals surface area contributed by atoms with Gasteiger partial charge in [-0.15, -0.1) is 11.8 Å². The summed E-state index contributed by atoms with van der Waals surface area (Å²) in [7, 11) is 0. The first-order valence-corrected chi connectivity index (χ1v) is 8.43. The van der Waals surface area contributed by atoms with Crippen molar-refractivity contribution in [1.29, 1.82) is 0 Å². The third-order valence-corrected chi connectivity index (χ3v) is 5.56. The Kier molecular flexibility index (Phi) is 3.40. The van der Waals surface area contributed by atoms with Gasteiger partial charge in [-0.25, -0.2) is 0 Å². The number of benzene rings is 2. The maximum Gasteiger partial charge on any atom is 0.134 e. The van der Waals surface area contributed by atoms with Crippen molar-refractivity contribution < 1.29 is 9.84 Å². The van der Waals surface area contributed by atoms with Gasteiger partial charge < -0.3 is 9.84 Å². The van der Waals surface area contributed by atoms with Crippen LogP contribution in [0.3, 0.4) is 0 Å². The molecule has 1 N–H and O–H groups in total. The van der Waals surface area contributed by atoms with E-state index in [1.165, 1.54) is 10.5 Å². The van der Waals surface area contributed by atoms with Gasteiger partial charge in [0.15, 0.2) is 0 Å². The average Bonchev–Trinajstić information content (AvgIpc) is 3.35. The molecule has 4 atom stereocenters. The van der Waals surface area contributed by atoms with Crippen molar-refractivity contribution in [2.24, 2.45) is 5.92 Å². The highest BCUT2D eigenvalue weighted by Crippen LogP contribution is 2.51. The molecule has 2 aliphatic rings. The van der Waals surface area contributed by atoms with E-state index in [9.17, 15) is 5.11 Å². The topological polar surface area (TPSA) is 29.5 Å². The molecule has 4 unspecified atom stereocenters. The van der Waals surface area contributed by atoms with Crippen molar-refractivity contribution in [3.8, 4) is 5.75 Å². The molecule has 0 bridgehead atoms. The minimum absolute atomic E-state index is 0.0939. The lowest BCUT2D eigenvalue weighted by molar-refractivity contribution is 0.0303. The predicted octanol–water partition coefficient (Wildman–Crippen LogP) is 3.70. The van der Waals surface area contributed by atoms with Crippen LogP contribution in [0.25, 0.3) is 0 Å². The smallest absolute Gasteiger partial charge is 0.134 e. The Hall–Kier alpha value is -1.45. The fourth-order valence-electron chi connectivity index (χ4n) is 3.16. The van der Waals surface area contributed by atoms with Crippen molar-refractivity contribution in [1.82, 2.24) is 0 Å². The van der Waals surface area contributed by atoms with Gasteiger partial charge >= 0.3 is 0 Å². The molecule has 0 saturated heterocycles. The van der Waals surface area contributed by atoms with Crippen molar-refractivity contribution in [3.05, 3.63) is 60.2 Å². The second kappa shape index (κ2) is 5.39. The number of aliphatic hydroxyl groups excluding tert-OH is 1. The highest BCUT2D eigenvalue weighted by atomic mass is 32.2. The first-order chi connectivity index (χ1) is 10.3. The zero-order valence-corrected chi connectivity index (χ0v) is 12.5. The van der Waals surface area contributed by atoms with Crippen LogP contribution in [0.4, 0.5) is 0 Å². The number of hydrogen-bond donors (Lipinski definition) is 1. The van der Waals surface area contributed by atoms with Crippen LogP contribution < -0.4 is 4.74 Å². The molecule has 1 fully saturated rings. The molecule has 1 aliphatic carbocycles. The highest BCUT2D eigenvalue weighted by molar-refractivity contribution is 7.99. The molecule has 1 heterocycles. The van der Waals surface area contributed by atoms with Crippen LogP contribution in [0.15, 0.2) is 59.5 Å². The summed E-state index contributed by atoms with van der Waals surface area (Å²) >= 11 is 1.78. The van der Waals surface area contributed by atoms with Gasteiger partial charge in [-0.1, -0.05) is 42.5 Å². The molecule has 2 aromatic carbocycles. The number of fused-ring (bicyclic) bond motifs is 1. The van der Waals surface area contributed by atoms with E-state index < -0.39 is 0 Å². The summed E-state index contributed by atoms with van der Waals surface area (Å²) in [5.74, 6) is 2.57. The maximum absolute atomic E-state index is 10.6. The van der Waals surface area contributed by atoms with Gasteiger partial charge in [-0.05, 0) is 36.0 Å². The van der Waals surface area contributed by atoms with E-state index in [-0.39, 0.29) is 12.2 Å². The second-order valence-electron chi connectivity index (χ2n) is 5.82. The molecule has 0 spiro atoms. The first kappa shape index (κ1) is 13.2. The summed E-state index contributed by atoms with van der Waals surface area (Å²) in [6.07, 6.45) is 0.594. The van der Waals surface area contributed by atoms with Crippen molar-refractivity contribution in [2.45, 2.75) is 29.4 Å². The van der Waals surface area contributed by atoms with E-state index in [4.69, 9.17) is 4.74 Å². The Morgan fingerprint density at radius 2 is 1.81 bits per heavy atom. The number of para-hydroxylation sites is 1. The Morgan fingerprint density at radius 1 is 1.05 bits per heavy atom. The molecule has 4 rings (SSSR count). The Balaban J connectivity index is 1.45. The largest absolute Gasteiger partial charge is 0.486 e. The van der Waals surface area contributed by atoms with Crippen molar-refractivity contribution in [3.63, 3.8) is 0 Å². The van der Waals surface area contributed by atoms with Gasteiger partial charge in [0.1, 0.15) is 11.9 Å². The van der Waals surface area contributed by atoms with Gasteiger partial charge in [0.2, 0.25) is 0 Å². The molecule has 1 aliphatic heterocycles. The van der Waals surface area contributed by atoms with Gasteiger partial charge in [-0.3, -0.25) is 0 Å². The highest BCUT2D eigenvalue weighted by Gasteiger charge is 2.47. The van der Waals surface area contributed by atoms with E-state index >= 15 is 0 Å². The normalized spacial score (nSPS) is 28.3. The molecule has 108 valence electrons. The summed E-state index contributed by atoms with van der Waals surface area (Å²) in [5.41, 5.74) is 1.34.